The predicted octanol–water partition coefficient (Wildman–Crippen LogP) is 4.87. The number of carbonyl (C=O) groups is 7. The molecule has 5 saturated heterocycles. The molecule has 7 aliphatic heterocycles. The number of imide groups is 2. The van der Waals surface area contributed by atoms with Gasteiger partial charge in [-0.05, 0) is 136 Å². The highest BCUT2D eigenvalue weighted by Crippen LogP contribution is 2.35. The van der Waals surface area contributed by atoms with E-state index in [9.17, 15) is 38.4 Å². The van der Waals surface area contributed by atoms with E-state index < -0.39 is 12.1 Å². The fourth-order valence-electron chi connectivity index (χ4n) is 13.8. The summed E-state index contributed by atoms with van der Waals surface area (Å²) in [7, 11) is 0. The van der Waals surface area contributed by atoms with Gasteiger partial charge >= 0.3 is 0 Å². The van der Waals surface area contributed by atoms with Crippen LogP contribution in [-0.4, -0.2) is 160 Å². The van der Waals surface area contributed by atoms with Gasteiger partial charge in [0.15, 0.2) is 5.78 Å². The van der Waals surface area contributed by atoms with Crippen LogP contribution in [0.2, 0.25) is 0 Å². The molecule has 3 aromatic heterocycles. The van der Waals surface area contributed by atoms with Crippen molar-refractivity contribution in [1.29, 1.82) is 0 Å². The van der Waals surface area contributed by atoms with Crippen molar-refractivity contribution in [1.82, 2.24) is 50.2 Å². The maximum atomic E-state index is 13.6. The van der Waals surface area contributed by atoms with E-state index in [-0.39, 0.29) is 83.6 Å². The Morgan fingerprint density at radius 1 is 0.631 bits per heavy atom. The molecule has 0 radical (unpaired) electrons. The molecule has 5 aromatic rings. The number of pyridine rings is 2. The molecule has 10 heterocycles. The number of halogens is 1. The lowest BCUT2D eigenvalue weighted by Gasteiger charge is -2.38. The zero-order valence-corrected chi connectivity index (χ0v) is 48.7. The van der Waals surface area contributed by atoms with Gasteiger partial charge in [0.1, 0.15) is 23.6 Å². The van der Waals surface area contributed by atoms with Gasteiger partial charge in [-0.25, -0.2) is 9.97 Å². The summed E-state index contributed by atoms with van der Waals surface area (Å²) in [5, 5.41) is 8.79. The van der Waals surface area contributed by atoms with Gasteiger partial charge in [-0.15, -0.1) is 12.4 Å². The summed E-state index contributed by atoms with van der Waals surface area (Å²) >= 11 is 0. The van der Waals surface area contributed by atoms with Gasteiger partial charge in [0.25, 0.3) is 17.4 Å². The van der Waals surface area contributed by atoms with Crippen LogP contribution in [0.15, 0.2) is 65.7 Å². The van der Waals surface area contributed by atoms with Crippen LogP contribution in [0.3, 0.4) is 0 Å². The first-order valence-electron chi connectivity index (χ1n) is 29.8. The van der Waals surface area contributed by atoms with Crippen molar-refractivity contribution < 1.29 is 33.6 Å². The lowest BCUT2D eigenvalue weighted by Crippen LogP contribution is -2.52. The molecule has 13 rings (SSSR count). The average Bonchev–Trinajstić information content (AvgIpc) is 2.82. The van der Waals surface area contributed by atoms with Gasteiger partial charge in [-0.1, -0.05) is 12.8 Å². The van der Waals surface area contributed by atoms with Crippen molar-refractivity contribution >= 4 is 81.7 Å². The van der Waals surface area contributed by atoms with E-state index in [1.807, 2.05) is 37.4 Å². The van der Waals surface area contributed by atoms with Gasteiger partial charge < -0.3 is 29.8 Å². The number of amides is 6. The number of benzene rings is 2. The maximum absolute atomic E-state index is 13.6. The molecular weight excluding hydrogens is 1090 g/mol. The van der Waals surface area contributed by atoms with Gasteiger partial charge in [0, 0.05) is 137 Å². The number of aromatic nitrogens is 4. The zero-order valence-electron chi connectivity index (χ0n) is 47.9. The smallest absolute Gasteiger partial charge is 0.263 e. The number of nitrogens with one attached hydrogen (secondary N) is 3. The normalized spacial score (nSPS) is 21.5. The Labute approximate surface area is 494 Å². The Bertz CT molecular complexity index is 3460. The third kappa shape index (κ3) is 11.9. The summed E-state index contributed by atoms with van der Waals surface area (Å²) in [6.07, 6.45) is 12.9. The number of nitrogens with zero attached hydrogens (tertiary/aromatic N) is 10. The highest BCUT2D eigenvalue weighted by Gasteiger charge is 2.41. The van der Waals surface area contributed by atoms with Crippen molar-refractivity contribution in [2.75, 3.05) is 86.7 Å². The number of Topliss-reactive ketones (excluding diaryl/α,β-unsaturated/α-hetero) is 1. The van der Waals surface area contributed by atoms with Gasteiger partial charge in [0.2, 0.25) is 23.6 Å². The lowest BCUT2D eigenvalue weighted by molar-refractivity contribution is -0.138. The molecule has 84 heavy (non-hydrogen) atoms. The largest absolute Gasteiger partial charge is 0.370 e. The molecule has 6 fully saturated rings. The second-order valence-electron chi connectivity index (χ2n) is 23.6. The number of rotatable bonds is 12. The van der Waals surface area contributed by atoms with Crippen LogP contribution >= 0.6 is 12.4 Å². The van der Waals surface area contributed by atoms with Crippen LogP contribution in [0, 0.1) is 12.8 Å². The average molecular weight is 1160 g/mol. The number of hydrogen-bond donors (Lipinski definition) is 3. The van der Waals surface area contributed by atoms with Crippen molar-refractivity contribution in [2.24, 2.45) is 5.92 Å². The predicted molar refractivity (Wildman–Crippen MR) is 319 cm³/mol. The van der Waals surface area contributed by atoms with E-state index >= 15 is 0 Å². The van der Waals surface area contributed by atoms with Crippen LogP contribution in [0.4, 0.5) is 17.1 Å². The summed E-state index contributed by atoms with van der Waals surface area (Å²) in [4.78, 5) is 127. The summed E-state index contributed by atoms with van der Waals surface area (Å²) in [5.41, 5.74) is 8.74. The van der Waals surface area contributed by atoms with Crippen molar-refractivity contribution in [2.45, 2.75) is 122 Å². The number of piperazine rings is 2. The second kappa shape index (κ2) is 24.9. The quantitative estimate of drug-likeness (QED) is 0.112. The Kier molecular flexibility index (Phi) is 17.3. The molecule has 3 N–H and O–H groups in total. The number of piperidine rings is 3. The van der Waals surface area contributed by atoms with Crippen molar-refractivity contribution in [3.63, 3.8) is 0 Å². The minimum Gasteiger partial charge on any atom is -0.370 e. The fraction of sp³-hybridized carbons (Fsp3) is 0.500. The molecule has 0 spiro atoms. The topological polar surface area (TPSA) is 236 Å². The summed E-state index contributed by atoms with van der Waals surface area (Å²) in [6.45, 7) is 14.9. The Hall–Kier alpha value is -7.62. The molecule has 442 valence electrons. The first-order valence-corrected chi connectivity index (χ1v) is 29.8. The fourth-order valence-corrected chi connectivity index (χ4v) is 13.8. The Balaban J connectivity index is 0.000000245. The summed E-state index contributed by atoms with van der Waals surface area (Å²) in [6, 6.07) is 15.0. The summed E-state index contributed by atoms with van der Waals surface area (Å²) < 4.78 is 1.77. The van der Waals surface area contributed by atoms with Gasteiger partial charge in [-0.2, -0.15) is 0 Å². The number of fused-ring (bicyclic) bond motifs is 3. The van der Waals surface area contributed by atoms with E-state index in [4.69, 9.17) is 9.97 Å². The van der Waals surface area contributed by atoms with E-state index in [0.717, 1.165) is 150 Å². The van der Waals surface area contributed by atoms with Crippen LogP contribution in [0.5, 0.6) is 0 Å². The number of ketones is 1. The number of aryl methyl sites for hydroxylation is 1. The molecule has 1 saturated carbocycles. The monoisotopic (exact) mass is 1160 g/mol. The first-order chi connectivity index (χ1) is 40.2. The van der Waals surface area contributed by atoms with E-state index in [0.29, 0.717) is 66.4 Å². The molecule has 22 heteroatoms. The highest BCUT2D eigenvalue weighted by molar-refractivity contribution is 6.07. The molecule has 2 unspecified atom stereocenters. The highest BCUT2D eigenvalue weighted by atomic mass is 35.5. The minimum atomic E-state index is -0.596. The lowest BCUT2D eigenvalue weighted by atomic mass is 9.93. The van der Waals surface area contributed by atoms with Gasteiger partial charge in [0.05, 0.1) is 23.9 Å². The third-order valence-electron chi connectivity index (χ3n) is 18.5. The van der Waals surface area contributed by atoms with Crippen LogP contribution in [0.25, 0.3) is 11.0 Å². The molecule has 2 atom stereocenters. The molecular formula is C62H74ClN13O8. The SMILES string of the molecule is CC(=O)c1c(C)c2cnc(Cc3ccc(N4CCC(CCN5CCN(c6ccc7c(c6)CN(C6CCC(=O)NC6=O)C7=O)CC5)CC4)cn3)nc2n(C2CCCC2)c1=O.Cl.O=C1CCC(N2Cc3cc(N4CCNCC4)ccc3C2=O)C(=O)N1. The molecule has 0 bridgehead atoms. The second-order valence-corrected chi connectivity index (χ2v) is 23.6. The van der Waals surface area contributed by atoms with Crippen molar-refractivity contribution in [3.8, 4) is 0 Å². The van der Waals surface area contributed by atoms with Crippen molar-refractivity contribution in [3.05, 3.63) is 116 Å². The zero-order chi connectivity index (χ0) is 57.5. The number of anilines is 3. The van der Waals surface area contributed by atoms with E-state index in [1.54, 1.807) is 20.6 Å². The molecule has 8 aliphatic rings. The number of carbonyl (C=O) groups excluding carboxylic acids is 7. The molecule has 1 aliphatic carbocycles. The minimum absolute atomic E-state index is 0. The van der Waals surface area contributed by atoms with Gasteiger partial charge in [-0.3, -0.25) is 63.4 Å². The molecule has 6 amide bonds. The van der Waals surface area contributed by atoms with Crippen LogP contribution in [0.1, 0.15) is 143 Å². The van der Waals surface area contributed by atoms with E-state index in [2.05, 4.69) is 64.8 Å². The standard InChI is InChI=1S/C45H53N9O5.C17H20N4O3.ClH/c1-28-37-26-47-39(48-42(37)54(33-5-3-4-6-33)45(59)41(28)29(2)55)24-32-7-8-35(25-46-32)51-17-14-30(15-18-51)13-16-50-19-21-52(22-20-50)34-9-10-36-31(23-34)27-53(44(36)58)38-11-12-40(56)49-43(38)57;22-15-4-3-14(16(23)19-15)21-10-11-9-12(1-2-13(11)17(21)24)20-7-5-18-6-8-20;/h7-10,23,25-26,30,33,38H,3-6,11-22,24,27H2,1-2H3,(H,49,56,57);1-2,9,14,18H,3-8,10H2,(H,19,22,23);1H. The van der Waals surface area contributed by atoms with E-state index in [1.165, 1.54) is 13.3 Å². The third-order valence-corrected chi connectivity index (χ3v) is 18.5. The van der Waals surface area contributed by atoms with Crippen LogP contribution in [-0.2, 0) is 38.7 Å². The molecule has 2 aromatic carbocycles. The first kappa shape index (κ1) is 58.2. The maximum Gasteiger partial charge on any atom is 0.263 e. The Morgan fingerprint density at radius 2 is 1.19 bits per heavy atom. The number of hydrogen-bond acceptors (Lipinski definition) is 16. The Morgan fingerprint density at radius 3 is 1.74 bits per heavy atom. The van der Waals surface area contributed by atoms with Crippen LogP contribution < -0.4 is 36.2 Å². The summed E-state index contributed by atoms with van der Waals surface area (Å²) in [5.74, 6) is -0.448. The molecule has 21 nitrogen and oxygen atoms in total.